The van der Waals surface area contributed by atoms with E-state index in [2.05, 4.69) is 110 Å². The molecule has 4 aromatic carbocycles. The van der Waals surface area contributed by atoms with Crippen molar-refractivity contribution in [3.63, 3.8) is 0 Å². The minimum Gasteiger partial charge on any atom is -0.493 e. The van der Waals surface area contributed by atoms with Crippen molar-refractivity contribution >= 4 is 23.2 Å². The first-order valence-corrected chi connectivity index (χ1v) is 14.4. The molecule has 0 saturated heterocycles. The van der Waals surface area contributed by atoms with Crippen molar-refractivity contribution in [2.45, 2.75) is 31.8 Å². The summed E-state index contributed by atoms with van der Waals surface area (Å²) < 4.78 is 12.1. The first-order valence-electron chi connectivity index (χ1n) is 12.1. The van der Waals surface area contributed by atoms with Crippen molar-refractivity contribution in [2.24, 2.45) is 0 Å². The van der Waals surface area contributed by atoms with E-state index in [9.17, 15) is 0 Å². The van der Waals surface area contributed by atoms with E-state index in [1.54, 1.807) is 7.11 Å². The van der Waals surface area contributed by atoms with Gasteiger partial charge in [-0.15, -0.1) is 0 Å². The molecule has 0 atom stereocenters. The molecule has 1 saturated carbocycles. The van der Waals surface area contributed by atoms with Gasteiger partial charge in [0, 0.05) is 5.56 Å². The Kier molecular flexibility index (Phi) is 6.70. The molecule has 0 radical (unpaired) electrons. The molecule has 34 heavy (non-hydrogen) atoms. The number of methoxy groups -OCH3 is 1. The maximum absolute atomic E-state index is 6.44. The Morgan fingerprint density at radius 2 is 1.26 bits per heavy atom. The Labute approximate surface area is 203 Å². The largest absolute Gasteiger partial charge is 0.493 e. The maximum Gasteiger partial charge on any atom is 0.162 e. The van der Waals surface area contributed by atoms with Crippen molar-refractivity contribution in [1.82, 2.24) is 0 Å². The van der Waals surface area contributed by atoms with Crippen LogP contribution < -0.4 is 25.4 Å². The highest BCUT2D eigenvalue weighted by atomic mass is 31.2. The summed E-state index contributed by atoms with van der Waals surface area (Å²) in [6, 6.07) is 37.2. The molecule has 2 nitrogen and oxygen atoms in total. The molecule has 0 aromatic heterocycles. The summed E-state index contributed by atoms with van der Waals surface area (Å²) in [5, 5.41) is 4.14. The van der Waals surface area contributed by atoms with Crippen molar-refractivity contribution in [3.8, 4) is 22.6 Å². The van der Waals surface area contributed by atoms with Crippen LogP contribution in [0.25, 0.3) is 11.1 Å². The molecular formula is C31H32O2P+. The van der Waals surface area contributed by atoms with Gasteiger partial charge in [0.2, 0.25) is 0 Å². The first kappa shape index (κ1) is 22.7. The fourth-order valence-electron chi connectivity index (χ4n) is 5.11. The van der Waals surface area contributed by atoms with Gasteiger partial charge in [0.25, 0.3) is 0 Å². The van der Waals surface area contributed by atoms with Crippen LogP contribution in [-0.2, 0) is 0 Å². The van der Waals surface area contributed by atoms with E-state index in [0.29, 0.717) is 0 Å². The standard InChI is InChI=1S/C31H32O2P/c1-32-29-22-21-24(23-30(29)33-25-13-9-10-14-25)28-19-11-12-20-31(28)34(2,26-15-5-3-6-16-26)27-17-7-4-8-18-27/h3-8,11-12,15-23,25H,9-10,13-14H2,1-2H3/q+1. The van der Waals surface area contributed by atoms with Crippen LogP contribution in [0.15, 0.2) is 103 Å². The van der Waals surface area contributed by atoms with Gasteiger partial charge in [-0.25, -0.2) is 0 Å². The summed E-state index contributed by atoms with van der Waals surface area (Å²) in [6.07, 6.45) is 5.01. The van der Waals surface area contributed by atoms with Gasteiger partial charge in [-0.3, -0.25) is 0 Å². The number of hydrogen-bond acceptors (Lipinski definition) is 2. The molecule has 1 aliphatic rings. The van der Waals surface area contributed by atoms with Gasteiger partial charge in [-0.05, 0) is 73.7 Å². The molecule has 0 amide bonds. The second-order valence-electron chi connectivity index (χ2n) is 9.08. The Balaban J connectivity index is 1.66. The third-order valence-electron chi connectivity index (χ3n) is 7.00. The number of rotatable bonds is 7. The zero-order valence-electron chi connectivity index (χ0n) is 20.0. The molecule has 0 N–H and O–H groups in total. The van der Waals surface area contributed by atoms with Crippen LogP contribution in [0, 0.1) is 0 Å². The summed E-state index contributed by atoms with van der Waals surface area (Å²) in [5.74, 6) is 1.65. The molecule has 3 heteroatoms. The van der Waals surface area contributed by atoms with Crippen LogP contribution in [0.1, 0.15) is 25.7 Å². The van der Waals surface area contributed by atoms with Gasteiger partial charge in [0.05, 0.1) is 19.9 Å². The van der Waals surface area contributed by atoms with Crippen molar-refractivity contribution in [3.05, 3.63) is 103 Å². The minimum absolute atomic E-state index is 0.283. The van der Waals surface area contributed by atoms with Crippen molar-refractivity contribution in [1.29, 1.82) is 0 Å². The lowest BCUT2D eigenvalue weighted by atomic mass is 10.0. The average Bonchev–Trinajstić information content (AvgIpc) is 3.42. The van der Waals surface area contributed by atoms with Crippen molar-refractivity contribution < 1.29 is 9.47 Å². The number of ether oxygens (including phenoxy) is 2. The number of benzene rings is 4. The highest BCUT2D eigenvalue weighted by Crippen LogP contribution is 2.53. The minimum atomic E-state index is -1.86. The maximum atomic E-state index is 6.44. The predicted octanol–water partition coefficient (Wildman–Crippen LogP) is 6.61. The molecule has 0 spiro atoms. The van der Waals surface area contributed by atoms with Crippen LogP contribution in [-0.4, -0.2) is 19.9 Å². The second kappa shape index (κ2) is 10.0. The zero-order chi connectivity index (χ0) is 23.4. The molecule has 0 unspecified atom stereocenters. The van der Waals surface area contributed by atoms with Gasteiger partial charge in [-0.2, -0.15) is 0 Å². The lowest BCUT2D eigenvalue weighted by Gasteiger charge is -2.26. The summed E-state index contributed by atoms with van der Waals surface area (Å²) in [5.41, 5.74) is 2.42. The molecule has 5 rings (SSSR count). The Morgan fingerprint density at radius 1 is 0.676 bits per heavy atom. The van der Waals surface area contributed by atoms with E-state index in [1.807, 2.05) is 0 Å². The SMILES string of the molecule is COc1ccc(-c2ccccc2[P+](C)(c2ccccc2)c2ccccc2)cc1OC1CCCC1. The molecule has 0 heterocycles. The van der Waals surface area contributed by atoms with Crippen molar-refractivity contribution in [2.75, 3.05) is 13.8 Å². The van der Waals surface area contributed by atoms with Gasteiger partial charge < -0.3 is 9.47 Å². The summed E-state index contributed by atoms with van der Waals surface area (Å²) >= 11 is 0. The quantitative estimate of drug-likeness (QED) is 0.285. The first-order chi connectivity index (χ1) is 16.7. The highest BCUT2D eigenvalue weighted by Gasteiger charge is 2.42. The van der Waals surface area contributed by atoms with Gasteiger partial charge in [0.15, 0.2) is 11.5 Å². The van der Waals surface area contributed by atoms with E-state index in [4.69, 9.17) is 9.47 Å². The van der Waals surface area contributed by atoms with E-state index in [-0.39, 0.29) is 6.10 Å². The topological polar surface area (TPSA) is 18.5 Å². The van der Waals surface area contributed by atoms with Gasteiger partial charge in [0.1, 0.15) is 23.2 Å². The molecule has 1 fully saturated rings. The van der Waals surface area contributed by atoms with Crippen LogP contribution in [0.3, 0.4) is 0 Å². The fraction of sp³-hybridized carbons (Fsp3) is 0.226. The van der Waals surface area contributed by atoms with E-state index in [0.717, 1.165) is 24.3 Å². The Hall–Kier alpha value is -3.09. The third-order valence-corrected chi connectivity index (χ3v) is 11.0. The zero-order valence-corrected chi connectivity index (χ0v) is 20.9. The second-order valence-corrected chi connectivity index (χ2v) is 12.6. The normalized spacial score (nSPS) is 14.2. The molecule has 4 aromatic rings. The van der Waals surface area contributed by atoms with E-state index < -0.39 is 7.26 Å². The Morgan fingerprint density at radius 3 is 1.88 bits per heavy atom. The lowest BCUT2D eigenvalue weighted by molar-refractivity contribution is 0.201. The highest BCUT2D eigenvalue weighted by molar-refractivity contribution is 7.95. The van der Waals surface area contributed by atoms with Crippen LogP contribution in [0.2, 0.25) is 0 Å². The van der Waals surface area contributed by atoms with Gasteiger partial charge >= 0.3 is 0 Å². The summed E-state index contributed by atoms with van der Waals surface area (Å²) in [7, 11) is -0.144. The Bertz CT molecular complexity index is 1190. The lowest BCUT2D eigenvalue weighted by Crippen LogP contribution is -2.31. The predicted molar refractivity (Wildman–Crippen MR) is 146 cm³/mol. The van der Waals surface area contributed by atoms with Crippen LogP contribution >= 0.6 is 7.26 Å². The molecule has 0 aliphatic heterocycles. The van der Waals surface area contributed by atoms with Crippen LogP contribution in [0.5, 0.6) is 11.5 Å². The molecule has 0 bridgehead atoms. The molecular weight excluding hydrogens is 435 g/mol. The third kappa shape index (κ3) is 4.36. The monoisotopic (exact) mass is 467 g/mol. The summed E-state index contributed by atoms with van der Waals surface area (Å²) in [6.45, 7) is 2.44. The average molecular weight is 468 g/mol. The van der Waals surface area contributed by atoms with E-state index in [1.165, 1.54) is 39.9 Å². The van der Waals surface area contributed by atoms with E-state index >= 15 is 0 Å². The smallest absolute Gasteiger partial charge is 0.162 e. The molecule has 1 aliphatic carbocycles. The fourth-order valence-corrected chi connectivity index (χ4v) is 8.57. The van der Waals surface area contributed by atoms with Gasteiger partial charge in [-0.1, -0.05) is 60.7 Å². The number of hydrogen-bond donors (Lipinski definition) is 0. The molecule has 172 valence electrons. The summed E-state index contributed by atoms with van der Waals surface area (Å²) in [4.78, 5) is 0. The van der Waals surface area contributed by atoms with Crippen LogP contribution in [0.4, 0.5) is 0 Å².